The Morgan fingerprint density at radius 3 is 0.854 bits per heavy atom. The molecule has 0 aliphatic rings. The molecule has 0 atom stereocenters. The van der Waals surface area contributed by atoms with Crippen LogP contribution in [0.2, 0.25) is 0 Å². The Morgan fingerprint density at radius 2 is 0.610 bits per heavy atom. The van der Waals surface area contributed by atoms with E-state index in [1.807, 2.05) is 0 Å². The fraction of sp³-hybridized carbons (Fsp3) is 0.833. The maximum Gasteiger partial charge on any atom is 2.00 e. The fourth-order valence-electron chi connectivity index (χ4n) is 4.68. The van der Waals surface area contributed by atoms with Gasteiger partial charge in [-0.15, -0.1) is 0 Å². The van der Waals surface area contributed by atoms with Crippen LogP contribution in [-0.4, -0.2) is 39.2 Å². The van der Waals surface area contributed by atoms with Gasteiger partial charge in [0, 0.05) is 11.9 Å². The van der Waals surface area contributed by atoms with Crippen molar-refractivity contribution in [3.05, 3.63) is 24.3 Å². The Kier molecular flexibility index (Phi) is 45.3. The average Bonchev–Trinajstić information content (AvgIpc) is 2.93. The summed E-state index contributed by atoms with van der Waals surface area (Å²) < 4.78 is 0. The van der Waals surface area contributed by atoms with E-state index in [1.54, 1.807) is 0 Å². The van der Waals surface area contributed by atoms with E-state index in [9.17, 15) is 19.8 Å². The number of carboxylic acid groups (broad SMARTS) is 2. The summed E-state index contributed by atoms with van der Waals surface area (Å²) in [5.74, 6) is -1.83. The van der Waals surface area contributed by atoms with Crippen LogP contribution in [-0.2, 0) is 9.59 Å². The van der Waals surface area contributed by atoms with Crippen LogP contribution >= 0.6 is 0 Å². The van der Waals surface area contributed by atoms with Crippen LogP contribution in [0.15, 0.2) is 24.3 Å². The van der Waals surface area contributed by atoms with Crippen molar-refractivity contribution in [2.24, 2.45) is 0 Å². The molecule has 0 aromatic rings. The van der Waals surface area contributed by atoms with Gasteiger partial charge in [0.1, 0.15) is 0 Å². The third-order valence-electron chi connectivity index (χ3n) is 7.29. The maximum atomic E-state index is 10.2. The number of aliphatic carboxylic acids is 2. The standard InChI is InChI=1S/2C18H34O2.Pb/c2*1-2-3-4-5-6-7-8-9-10-11-12-13-14-15-16-17-18(19)20;/h2*9-10H,2-8,11-17H2,1H3,(H,19,20);/q;;+2/p-2/b10-9+;10-9-;. The van der Waals surface area contributed by atoms with Gasteiger partial charge >= 0.3 is 27.3 Å². The minimum Gasteiger partial charge on any atom is -0.550 e. The second-order valence-corrected chi connectivity index (χ2v) is 11.4. The van der Waals surface area contributed by atoms with Crippen molar-refractivity contribution in [3.8, 4) is 0 Å². The van der Waals surface area contributed by atoms with Crippen molar-refractivity contribution in [3.63, 3.8) is 0 Å². The monoisotopic (exact) mass is 770 g/mol. The van der Waals surface area contributed by atoms with Crippen LogP contribution in [0.4, 0.5) is 0 Å². The molecule has 0 saturated heterocycles. The quantitative estimate of drug-likeness (QED) is 0.0415. The number of unbranched alkanes of at least 4 members (excludes halogenated alkanes) is 22. The Hall–Kier alpha value is -0.658. The summed E-state index contributed by atoms with van der Waals surface area (Å²) in [5.41, 5.74) is 0. The predicted octanol–water partition coefficient (Wildman–Crippen LogP) is 9.17. The van der Waals surface area contributed by atoms with Gasteiger partial charge in [-0.25, -0.2) is 0 Å². The smallest absolute Gasteiger partial charge is 0.550 e. The van der Waals surface area contributed by atoms with E-state index in [1.165, 1.54) is 128 Å². The van der Waals surface area contributed by atoms with Crippen LogP contribution < -0.4 is 10.2 Å². The first-order valence-electron chi connectivity index (χ1n) is 17.2. The summed E-state index contributed by atoms with van der Waals surface area (Å²) in [6.07, 6.45) is 41.8. The van der Waals surface area contributed by atoms with Crippen LogP contribution in [0.1, 0.15) is 194 Å². The molecule has 0 rings (SSSR count). The molecule has 0 aliphatic heterocycles. The molecule has 5 heteroatoms. The predicted molar refractivity (Wildman–Crippen MR) is 175 cm³/mol. The van der Waals surface area contributed by atoms with E-state index in [2.05, 4.69) is 38.2 Å². The minimum atomic E-state index is -0.914. The van der Waals surface area contributed by atoms with Crippen molar-refractivity contribution in [1.29, 1.82) is 0 Å². The number of carboxylic acids is 2. The van der Waals surface area contributed by atoms with Crippen LogP contribution in [0.25, 0.3) is 0 Å². The third-order valence-corrected chi connectivity index (χ3v) is 7.29. The fourth-order valence-corrected chi connectivity index (χ4v) is 4.68. The van der Waals surface area contributed by atoms with Gasteiger partial charge in [0.15, 0.2) is 0 Å². The van der Waals surface area contributed by atoms with Crippen molar-refractivity contribution < 1.29 is 19.8 Å². The third kappa shape index (κ3) is 49.3. The Morgan fingerprint density at radius 1 is 0.390 bits per heavy atom. The summed E-state index contributed by atoms with van der Waals surface area (Å²) in [4.78, 5) is 20.4. The van der Waals surface area contributed by atoms with Crippen molar-refractivity contribution in [1.82, 2.24) is 0 Å². The van der Waals surface area contributed by atoms with Crippen LogP contribution in [0.3, 0.4) is 0 Å². The normalized spacial score (nSPS) is 11.0. The molecule has 0 aromatic carbocycles. The molecule has 0 spiro atoms. The average molecular weight is 770 g/mol. The Balaban J connectivity index is -0.000000688. The van der Waals surface area contributed by atoms with E-state index in [0.29, 0.717) is 0 Å². The van der Waals surface area contributed by atoms with Crippen molar-refractivity contribution in [2.75, 3.05) is 0 Å². The van der Waals surface area contributed by atoms with Gasteiger partial charge < -0.3 is 19.8 Å². The first-order chi connectivity index (χ1) is 19.5. The van der Waals surface area contributed by atoms with Gasteiger partial charge in [0.05, 0.1) is 0 Å². The van der Waals surface area contributed by atoms with Crippen LogP contribution in [0.5, 0.6) is 0 Å². The zero-order valence-electron chi connectivity index (χ0n) is 27.2. The van der Waals surface area contributed by atoms with Gasteiger partial charge in [-0.1, -0.05) is 141 Å². The van der Waals surface area contributed by atoms with E-state index in [-0.39, 0.29) is 40.1 Å². The molecule has 0 amide bonds. The Labute approximate surface area is 275 Å². The molecule has 238 valence electrons. The SMILES string of the molecule is CCCCCCCC/C=C/CCCCCCCC(=O)[O-].CCCCCCCC/C=C\CCCCCCCC(=O)[O-].[Pb+2]. The second kappa shape index (κ2) is 41.5. The van der Waals surface area contributed by atoms with E-state index in [4.69, 9.17) is 0 Å². The van der Waals surface area contributed by atoms with Crippen LogP contribution in [0, 0.1) is 0 Å². The molecule has 41 heavy (non-hydrogen) atoms. The van der Waals surface area contributed by atoms with Gasteiger partial charge in [-0.3, -0.25) is 0 Å². The molecule has 0 bridgehead atoms. The summed E-state index contributed by atoms with van der Waals surface area (Å²) in [6.45, 7) is 4.51. The Bertz CT molecular complexity index is 524. The number of carbonyl (C=O) groups excluding carboxylic acids is 2. The molecule has 0 unspecified atom stereocenters. The molecule has 0 N–H and O–H groups in total. The molecule has 2 radical (unpaired) electrons. The van der Waals surface area contributed by atoms with E-state index in [0.717, 1.165) is 38.5 Å². The molecule has 0 aromatic heterocycles. The number of carbonyl (C=O) groups is 2. The first kappa shape index (κ1) is 44.8. The van der Waals surface area contributed by atoms with Crippen molar-refractivity contribution >= 4 is 39.2 Å². The summed E-state index contributed by atoms with van der Waals surface area (Å²) in [5, 5.41) is 20.4. The molecule has 0 fully saturated rings. The molecule has 0 aliphatic carbocycles. The molecule has 0 heterocycles. The minimum absolute atomic E-state index is 0. The summed E-state index contributed by atoms with van der Waals surface area (Å²) >= 11 is 0. The number of allylic oxidation sites excluding steroid dienone is 4. The zero-order chi connectivity index (χ0) is 29.8. The summed E-state index contributed by atoms with van der Waals surface area (Å²) in [6, 6.07) is 0. The number of hydrogen-bond acceptors (Lipinski definition) is 4. The zero-order valence-corrected chi connectivity index (χ0v) is 31.1. The molecular weight excluding hydrogens is 704 g/mol. The first-order valence-corrected chi connectivity index (χ1v) is 17.2. The van der Waals surface area contributed by atoms with Gasteiger partial charge in [-0.05, 0) is 77.0 Å². The number of rotatable bonds is 30. The van der Waals surface area contributed by atoms with Gasteiger partial charge in [0.2, 0.25) is 0 Å². The molecule has 4 nitrogen and oxygen atoms in total. The molecule has 0 saturated carbocycles. The van der Waals surface area contributed by atoms with Gasteiger partial charge in [0.25, 0.3) is 0 Å². The second-order valence-electron chi connectivity index (χ2n) is 11.4. The maximum absolute atomic E-state index is 10.2. The van der Waals surface area contributed by atoms with E-state index < -0.39 is 11.9 Å². The molecular formula is C36H66O4Pb. The van der Waals surface area contributed by atoms with E-state index >= 15 is 0 Å². The summed E-state index contributed by atoms with van der Waals surface area (Å²) in [7, 11) is 0. The number of hydrogen-bond donors (Lipinski definition) is 0. The van der Waals surface area contributed by atoms with Gasteiger partial charge in [-0.2, -0.15) is 0 Å². The largest absolute Gasteiger partial charge is 2.00 e. The van der Waals surface area contributed by atoms with Crippen molar-refractivity contribution in [2.45, 2.75) is 194 Å². The topological polar surface area (TPSA) is 80.3 Å².